The Morgan fingerprint density at radius 3 is 2.06 bits per heavy atom. The van der Waals surface area contributed by atoms with E-state index in [2.05, 4.69) is 26.6 Å². The van der Waals surface area contributed by atoms with Gasteiger partial charge in [0.15, 0.2) is 0 Å². The summed E-state index contributed by atoms with van der Waals surface area (Å²) in [5.41, 5.74) is 1.85. The Hall–Kier alpha value is -6.10. The van der Waals surface area contributed by atoms with Gasteiger partial charge in [-0.3, -0.25) is 19.3 Å². The Kier molecular flexibility index (Phi) is 15.9. The number of amides is 7. The van der Waals surface area contributed by atoms with Crippen LogP contribution in [0.1, 0.15) is 42.6 Å². The van der Waals surface area contributed by atoms with E-state index in [-0.39, 0.29) is 49.9 Å². The average molecular weight is 713 g/mol. The Morgan fingerprint density at radius 1 is 0.788 bits per heavy atom. The molecule has 0 fully saturated rings. The third kappa shape index (κ3) is 12.0. The number of benzene rings is 3. The normalized spacial score (nSPS) is 11.6. The van der Waals surface area contributed by atoms with Crippen molar-refractivity contribution in [2.75, 3.05) is 51.1 Å². The molecule has 0 aliphatic heterocycles. The maximum Gasteiger partial charge on any atom is 0.322 e. The van der Waals surface area contributed by atoms with Crippen molar-refractivity contribution in [3.05, 3.63) is 90.0 Å². The second-order valence-corrected chi connectivity index (χ2v) is 12.3. The molecule has 52 heavy (non-hydrogen) atoms. The number of rotatable bonds is 17. The van der Waals surface area contributed by atoms with Crippen LogP contribution in [0.4, 0.5) is 21.0 Å². The summed E-state index contributed by atoms with van der Waals surface area (Å²) in [6.07, 6.45) is 0.580. The minimum atomic E-state index is -1.05. The zero-order chi connectivity index (χ0) is 38.0. The molecule has 3 aromatic rings. The lowest BCUT2D eigenvalue weighted by Crippen LogP contribution is -2.57. The maximum absolute atomic E-state index is 14.1. The van der Waals surface area contributed by atoms with Gasteiger partial charge < -0.3 is 36.2 Å². The van der Waals surface area contributed by atoms with E-state index in [4.69, 9.17) is 4.74 Å². The Labute approximate surface area is 304 Å². The Bertz CT molecular complexity index is 1700. The van der Waals surface area contributed by atoms with Crippen LogP contribution in [0.5, 0.6) is 5.75 Å². The molecule has 0 aliphatic carbocycles. The number of carbonyl (C=O) groups excluding carboxylic acids is 5. The van der Waals surface area contributed by atoms with Crippen LogP contribution in [-0.2, 0) is 16.0 Å². The van der Waals surface area contributed by atoms with Crippen LogP contribution in [0, 0.1) is 17.2 Å². The third-order valence-electron chi connectivity index (χ3n) is 8.09. The van der Waals surface area contributed by atoms with E-state index in [1.54, 1.807) is 42.5 Å². The average Bonchev–Trinajstić information content (AvgIpc) is 3.15. The number of ether oxygens (including phenoxy) is 1. The maximum atomic E-state index is 14.1. The van der Waals surface area contributed by atoms with Gasteiger partial charge in [0.1, 0.15) is 17.8 Å². The van der Waals surface area contributed by atoms with Gasteiger partial charge in [-0.15, -0.1) is 0 Å². The van der Waals surface area contributed by atoms with Crippen molar-refractivity contribution < 1.29 is 28.7 Å². The number of nitrogens with zero attached hydrogens (tertiary/aromatic N) is 3. The summed E-state index contributed by atoms with van der Waals surface area (Å²) >= 11 is 0. The van der Waals surface area contributed by atoms with Crippen LogP contribution in [0.25, 0.3) is 0 Å². The molecule has 0 spiro atoms. The van der Waals surface area contributed by atoms with Gasteiger partial charge in [-0.05, 0) is 48.2 Å². The smallest absolute Gasteiger partial charge is 0.322 e. The van der Waals surface area contributed by atoms with E-state index in [1.807, 2.05) is 50.2 Å². The van der Waals surface area contributed by atoms with Gasteiger partial charge in [-0.2, -0.15) is 5.26 Å². The number of carbonyl (C=O) groups is 5. The molecule has 0 saturated heterocycles. The zero-order valence-electron chi connectivity index (χ0n) is 30.3. The molecule has 0 aliphatic rings. The number of urea groups is 2. The Balaban J connectivity index is 1.88. The minimum absolute atomic E-state index is 0.00527. The number of hydrogen-bond acceptors (Lipinski definition) is 7. The summed E-state index contributed by atoms with van der Waals surface area (Å²) < 4.78 is 5.28. The van der Waals surface area contributed by atoms with Gasteiger partial charge in [-0.25, -0.2) is 9.59 Å². The highest BCUT2D eigenvalue weighted by atomic mass is 16.5. The van der Waals surface area contributed by atoms with Gasteiger partial charge in [0.05, 0.1) is 25.2 Å². The number of para-hydroxylation sites is 1. The van der Waals surface area contributed by atoms with Crippen molar-refractivity contribution in [3.8, 4) is 11.8 Å². The molecular formula is C38H48N8O6. The monoisotopic (exact) mass is 712 g/mol. The summed E-state index contributed by atoms with van der Waals surface area (Å²) in [6.45, 7) is 3.96. The highest BCUT2D eigenvalue weighted by Gasteiger charge is 2.29. The fourth-order valence-corrected chi connectivity index (χ4v) is 5.41. The van der Waals surface area contributed by atoms with Crippen molar-refractivity contribution in [2.24, 2.45) is 5.92 Å². The van der Waals surface area contributed by atoms with E-state index in [0.29, 0.717) is 23.5 Å². The third-order valence-corrected chi connectivity index (χ3v) is 8.09. The van der Waals surface area contributed by atoms with Crippen molar-refractivity contribution in [1.82, 2.24) is 26.2 Å². The minimum Gasteiger partial charge on any atom is -0.496 e. The van der Waals surface area contributed by atoms with Crippen molar-refractivity contribution >= 4 is 41.2 Å². The van der Waals surface area contributed by atoms with Crippen LogP contribution in [0.2, 0.25) is 0 Å². The summed E-state index contributed by atoms with van der Waals surface area (Å²) in [6, 6.07) is 21.7. The first-order valence-electron chi connectivity index (χ1n) is 17.0. The standard InChI is InChI=1S/C38H48N8O6/c1-26(2)23-31(35(48)41-4)43-36(49)32(24-27-13-8-6-9-14-27)44-38(51)46(29-15-10-7-11-16-29)22-21-45(20-12-19-39)37(50)42-28-17-18-33(52-5)30(25-28)34(47)40-3/h6-11,13-18,25-26,31-32H,12,20-24H2,1-5H3,(H,40,47)(H,41,48)(H,42,50)(H,43,49)(H,44,51)/t31-,32-/m0/s1. The molecule has 0 bridgehead atoms. The SMILES string of the molecule is CNC(=O)c1cc(NC(=O)N(CCC#N)CCN(C(=O)N[C@@H](Cc2ccccc2)C(=O)N[C@@H](CC(C)C)C(=O)NC)c2ccccc2)ccc1OC. The topological polar surface area (TPSA) is 185 Å². The number of nitriles is 1. The molecule has 7 amide bonds. The zero-order valence-corrected chi connectivity index (χ0v) is 30.3. The fourth-order valence-electron chi connectivity index (χ4n) is 5.41. The molecule has 2 atom stereocenters. The summed E-state index contributed by atoms with van der Waals surface area (Å²) in [7, 11) is 4.42. The lowest BCUT2D eigenvalue weighted by molar-refractivity contribution is -0.130. The fraction of sp³-hybridized carbons (Fsp3) is 0.368. The van der Waals surface area contributed by atoms with E-state index < -0.39 is 36.0 Å². The summed E-state index contributed by atoms with van der Waals surface area (Å²) in [5.74, 6) is -0.825. The number of methoxy groups -OCH3 is 1. The summed E-state index contributed by atoms with van der Waals surface area (Å²) in [4.78, 5) is 69.3. The number of anilines is 2. The predicted octanol–water partition coefficient (Wildman–Crippen LogP) is 3.91. The molecular weight excluding hydrogens is 664 g/mol. The molecule has 14 heteroatoms. The van der Waals surface area contributed by atoms with Crippen LogP contribution < -0.4 is 36.2 Å². The van der Waals surface area contributed by atoms with Crippen LogP contribution in [-0.4, -0.2) is 87.6 Å². The van der Waals surface area contributed by atoms with Crippen LogP contribution in [0.3, 0.4) is 0 Å². The first-order chi connectivity index (χ1) is 25.0. The molecule has 0 aromatic heterocycles. The van der Waals surface area contributed by atoms with Crippen molar-refractivity contribution in [2.45, 2.75) is 45.2 Å². The van der Waals surface area contributed by atoms with E-state index in [0.717, 1.165) is 5.56 Å². The molecule has 0 unspecified atom stereocenters. The van der Waals surface area contributed by atoms with E-state index in [9.17, 15) is 29.2 Å². The molecule has 0 saturated carbocycles. The second-order valence-electron chi connectivity index (χ2n) is 12.3. The lowest BCUT2D eigenvalue weighted by Gasteiger charge is -2.30. The Morgan fingerprint density at radius 2 is 1.46 bits per heavy atom. The van der Waals surface area contributed by atoms with Crippen molar-refractivity contribution in [1.29, 1.82) is 5.26 Å². The molecule has 276 valence electrons. The lowest BCUT2D eigenvalue weighted by atomic mass is 10.0. The highest BCUT2D eigenvalue weighted by molar-refractivity contribution is 5.99. The van der Waals surface area contributed by atoms with Gasteiger partial charge >= 0.3 is 12.1 Å². The molecule has 0 radical (unpaired) electrons. The van der Waals surface area contributed by atoms with Gasteiger partial charge in [-0.1, -0.05) is 62.4 Å². The number of nitrogens with one attached hydrogen (secondary N) is 5. The summed E-state index contributed by atoms with van der Waals surface area (Å²) in [5, 5.41) is 22.9. The quantitative estimate of drug-likeness (QED) is 0.141. The molecule has 14 nitrogen and oxygen atoms in total. The largest absolute Gasteiger partial charge is 0.496 e. The second kappa shape index (κ2) is 20.5. The van der Waals surface area contributed by atoms with Gasteiger partial charge in [0.2, 0.25) is 11.8 Å². The predicted molar refractivity (Wildman–Crippen MR) is 199 cm³/mol. The van der Waals surface area contributed by atoms with Gasteiger partial charge in [0.25, 0.3) is 5.91 Å². The highest BCUT2D eigenvalue weighted by Crippen LogP contribution is 2.23. The van der Waals surface area contributed by atoms with Crippen LogP contribution in [0.15, 0.2) is 78.9 Å². The first-order valence-corrected chi connectivity index (χ1v) is 17.0. The molecule has 5 N–H and O–H groups in total. The molecule has 3 aromatic carbocycles. The molecule has 3 rings (SSSR count). The van der Waals surface area contributed by atoms with E-state index in [1.165, 1.54) is 37.1 Å². The van der Waals surface area contributed by atoms with E-state index >= 15 is 0 Å². The van der Waals surface area contributed by atoms with Crippen molar-refractivity contribution in [3.63, 3.8) is 0 Å². The number of likely N-dealkylation sites (N-methyl/N-ethyl adjacent to an activating group) is 1. The first kappa shape index (κ1) is 40.3. The van der Waals surface area contributed by atoms with Crippen LogP contribution >= 0.6 is 0 Å². The van der Waals surface area contributed by atoms with Gasteiger partial charge in [0, 0.05) is 51.5 Å². The number of hydrogen-bond donors (Lipinski definition) is 5. The molecule has 0 heterocycles.